The Hall–Kier alpha value is -3.93. The van der Waals surface area contributed by atoms with Crippen LogP contribution in [0.4, 0.5) is 38.1 Å². The predicted molar refractivity (Wildman–Crippen MR) is 131 cm³/mol. The molecule has 12 heteroatoms. The third-order valence-corrected chi connectivity index (χ3v) is 6.50. The number of hydrogen-bond donors (Lipinski definition) is 2. The maximum absolute atomic E-state index is 13.9. The molecule has 1 saturated heterocycles. The van der Waals surface area contributed by atoms with Gasteiger partial charge in [0.15, 0.2) is 5.60 Å². The molecule has 1 saturated carbocycles. The molecule has 0 radical (unpaired) electrons. The van der Waals surface area contributed by atoms with Crippen molar-refractivity contribution in [2.75, 3.05) is 17.2 Å². The van der Waals surface area contributed by atoms with Crippen molar-refractivity contribution in [3.8, 4) is 17.4 Å². The van der Waals surface area contributed by atoms with Gasteiger partial charge in [0.05, 0.1) is 6.61 Å². The number of hydrogen-bond acceptors (Lipinski definition) is 5. The molecule has 0 bridgehead atoms. The number of benzene rings is 2. The number of anilines is 2. The van der Waals surface area contributed by atoms with E-state index < -0.39 is 29.8 Å². The number of amides is 2. The zero-order valence-corrected chi connectivity index (χ0v) is 20.6. The summed E-state index contributed by atoms with van der Waals surface area (Å²) in [4.78, 5) is 16.9. The van der Waals surface area contributed by atoms with Gasteiger partial charge in [-0.1, -0.05) is 18.2 Å². The lowest BCUT2D eigenvalue weighted by atomic mass is 9.85. The van der Waals surface area contributed by atoms with Crippen LogP contribution >= 0.6 is 0 Å². The van der Waals surface area contributed by atoms with Gasteiger partial charge in [-0.25, -0.2) is 18.6 Å². The monoisotopic (exact) mass is 549 g/mol. The molecule has 2 aromatic carbocycles. The molecule has 39 heavy (non-hydrogen) atoms. The molecule has 0 spiro atoms. The number of alkyl halides is 5. The summed E-state index contributed by atoms with van der Waals surface area (Å²) in [5.41, 5.74) is -1.64. The Bertz CT molecular complexity index is 1350. The number of aromatic nitrogens is 1. The second kappa shape index (κ2) is 9.99. The van der Waals surface area contributed by atoms with Gasteiger partial charge in [0.25, 0.3) is 5.92 Å². The highest BCUT2D eigenvalue weighted by Crippen LogP contribution is 2.53. The minimum Gasteiger partial charge on any atom is -0.490 e. The maximum Gasteiger partial charge on any atom is 0.421 e. The van der Waals surface area contributed by atoms with Gasteiger partial charge < -0.3 is 24.8 Å². The first-order valence-corrected chi connectivity index (χ1v) is 12.1. The number of rotatable bonds is 7. The molecule has 2 heterocycles. The molecule has 206 valence electrons. The number of pyridine rings is 1. The van der Waals surface area contributed by atoms with Crippen molar-refractivity contribution < 1.29 is 41.0 Å². The van der Waals surface area contributed by atoms with E-state index in [2.05, 4.69) is 15.6 Å². The largest absolute Gasteiger partial charge is 0.490 e. The molecule has 3 aromatic rings. The summed E-state index contributed by atoms with van der Waals surface area (Å²) in [5, 5.41) is 5.21. The van der Waals surface area contributed by atoms with E-state index in [1.54, 1.807) is 37.3 Å². The van der Waals surface area contributed by atoms with Crippen LogP contribution in [0.5, 0.6) is 17.4 Å². The third kappa shape index (κ3) is 5.60. The SMILES string of the molecule is Cc1ccc(NC(=O)Nc2ccc(OC3CC(F)(F)C3)cc2)c(Oc2ccccc2C2(C(F)(F)F)CCO2)n1. The first kappa shape index (κ1) is 26.7. The Morgan fingerprint density at radius 2 is 1.72 bits per heavy atom. The minimum absolute atomic E-state index is 0.0346. The second-order valence-electron chi connectivity index (χ2n) is 9.43. The Morgan fingerprint density at radius 3 is 2.33 bits per heavy atom. The summed E-state index contributed by atoms with van der Waals surface area (Å²) in [6, 6.07) is 14.3. The normalized spacial score (nSPS) is 20.4. The second-order valence-corrected chi connectivity index (χ2v) is 9.43. The topological polar surface area (TPSA) is 81.7 Å². The van der Waals surface area contributed by atoms with E-state index in [0.29, 0.717) is 17.1 Å². The van der Waals surface area contributed by atoms with Crippen molar-refractivity contribution >= 4 is 17.4 Å². The number of halogens is 5. The average molecular weight is 549 g/mol. The summed E-state index contributed by atoms with van der Waals surface area (Å²) < 4.78 is 84.1. The van der Waals surface area contributed by atoms with Crippen molar-refractivity contribution in [2.45, 2.75) is 50.0 Å². The highest BCUT2D eigenvalue weighted by atomic mass is 19.4. The van der Waals surface area contributed by atoms with Crippen molar-refractivity contribution in [1.82, 2.24) is 4.98 Å². The summed E-state index contributed by atoms with van der Waals surface area (Å²) in [6.07, 6.45) is -6.13. The molecule has 5 rings (SSSR count). The zero-order valence-electron chi connectivity index (χ0n) is 20.6. The van der Waals surface area contributed by atoms with Gasteiger partial charge in [0, 0.05) is 36.2 Å². The van der Waals surface area contributed by atoms with E-state index in [-0.39, 0.29) is 48.7 Å². The van der Waals surface area contributed by atoms with Crippen LogP contribution in [-0.2, 0) is 10.3 Å². The Morgan fingerprint density at radius 1 is 1.03 bits per heavy atom. The number of ether oxygens (including phenoxy) is 3. The third-order valence-electron chi connectivity index (χ3n) is 6.50. The van der Waals surface area contributed by atoms with Gasteiger partial charge in [-0.3, -0.25) is 0 Å². The molecule has 2 aliphatic rings. The standard InChI is InChI=1S/C27H24F5N3O4/c1-16-6-11-21(35-24(36)34-17-7-9-18(10-8-17)38-19-14-25(28,29)15-19)23(33-16)39-22-5-3-2-4-20(22)26(12-13-37-26)27(30,31)32/h2-11,19H,12-15H2,1H3,(H2,34,35,36). The maximum atomic E-state index is 13.9. The molecule has 1 aromatic heterocycles. The molecular formula is C27H24F5N3O4. The summed E-state index contributed by atoms with van der Waals surface area (Å²) in [7, 11) is 0. The van der Waals surface area contributed by atoms with Crippen LogP contribution < -0.4 is 20.1 Å². The Balaban J connectivity index is 1.28. The van der Waals surface area contributed by atoms with Gasteiger partial charge in [0.2, 0.25) is 5.88 Å². The molecule has 1 atom stereocenters. The van der Waals surface area contributed by atoms with Crippen molar-refractivity contribution in [3.63, 3.8) is 0 Å². The fraction of sp³-hybridized carbons (Fsp3) is 0.333. The lowest BCUT2D eigenvalue weighted by molar-refractivity contribution is -0.333. The van der Waals surface area contributed by atoms with Crippen LogP contribution in [0.25, 0.3) is 0 Å². The summed E-state index contributed by atoms with van der Waals surface area (Å²) >= 11 is 0. The van der Waals surface area contributed by atoms with Crippen molar-refractivity contribution in [2.24, 2.45) is 0 Å². The molecule has 7 nitrogen and oxygen atoms in total. The van der Waals surface area contributed by atoms with E-state index in [1.807, 2.05) is 0 Å². The van der Waals surface area contributed by atoms with Crippen molar-refractivity contribution in [3.05, 3.63) is 71.9 Å². The van der Waals surface area contributed by atoms with Crippen LogP contribution in [0.15, 0.2) is 60.7 Å². The van der Waals surface area contributed by atoms with Crippen LogP contribution in [0.2, 0.25) is 0 Å². The van der Waals surface area contributed by atoms with Gasteiger partial charge in [0.1, 0.15) is 23.3 Å². The van der Waals surface area contributed by atoms with Gasteiger partial charge >= 0.3 is 12.2 Å². The Kier molecular flexibility index (Phi) is 6.83. The number of nitrogens with one attached hydrogen (secondary N) is 2. The van der Waals surface area contributed by atoms with Gasteiger partial charge in [-0.2, -0.15) is 13.2 Å². The van der Waals surface area contributed by atoms with Gasteiger partial charge in [-0.05, 0) is 49.4 Å². The first-order valence-electron chi connectivity index (χ1n) is 12.1. The number of nitrogens with zero attached hydrogens (tertiary/aromatic N) is 1. The summed E-state index contributed by atoms with van der Waals surface area (Å²) in [6.45, 7) is 1.64. The van der Waals surface area contributed by atoms with E-state index in [1.165, 1.54) is 30.3 Å². The first-order chi connectivity index (χ1) is 18.4. The zero-order chi connectivity index (χ0) is 27.8. The highest BCUT2D eigenvalue weighted by molar-refractivity contribution is 6.00. The van der Waals surface area contributed by atoms with Crippen molar-refractivity contribution in [1.29, 1.82) is 0 Å². The van der Waals surface area contributed by atoms with E-state index >= 15 is 0 Å². The van der Waals surface area contributed by atoms with E-state index in [9.17, 15) is 26.7 Å². The average Bonchev–Trinajstić information content (AvgIpc) is 2.80. The molecule has 1 unspecified atom stereocenters. The number of aryl methyl sites for hydroxylation is 1. The number of carbonyl (C=O) groups is 1. The lowest BCUT2D eigenvalue weighted by Crippen LogP contribution is -2.52. The molecule has 1 aliphatic carbocycles. The number of urea groups is 1. The van der Waals surface area contributed by atoms with Crippen LogP contribution in [0.3, 0.4) is 0 Å². The molecule has 2 fully saturated rings. The fourth-order valence-electron chi connectivity index (χ4n) is 4.38. The van der Waals surface area contributed by atoms with Crippen LogP contribution in [0.1, 0.15) is 30.5 Å². The fourth-order valence-corrected chi connectivity index (χ4v) is 4.38. The van der Waals surface area contributed by atoms with E-state index in [4.69, 9.17) is 14.2 Å². The van der Waals surface area contributed by atoms with Crippen LogP contribution in [0, 0.1) is 6.92 Å². The number of carbonyl (C=O) groups excluding carboxylic acids is 1. The molecular weight excluding hydrogens is 525 g/mol. The van der Waals surface area contributed by atoms with Gasteiger partial charge in [-0.15, -0.1) is 0 Å². The quantitative estimate of drug-likeness (QED) is 0.305. The molecule has 2 N–H and O–H groups in total. The number of para-hydroxylation sites is 1. The smallest absolute Gasteiger partial charge is 0.421 e. The Labute approximate surface area is 220 Å². The van der Waals surface area contributed by atoms with E-state index in [0.717, 1.165) is 0 Å². The minimum atomic E-state index is -4.66. The predicted octanol–water partition coefficient (Wildman–Crippen LogP) is 7.18. The summed E-state index contributed by atoms with van der Waals surface area (Å²) in [5.74, 6) is -2.50. The molecule has 1 aliphatic heterocycles. The molecule has 2 amide bonds. The van der Waals surface area contributed by atoms with Crippen LogP contribution in [-0.4, -0.2) is 35.8 Å². The highest BCUT2D eigenvalue weighted by Gasteiger charge is 2.62. The lowest BCUT2D eigenvalue weighted by Gasteiger charge is -2.43.